The Labute approximate surface area is 113 Å². The number of alkyl halides is 3. The van der Waals surface area contributed by atoms with Gasteiger partial charge in [-0.15, -0.1) is 0 Å². The average molecular weight is 284 g/mol. The van der Waals surface area contributed by atoms with Gasteiger partial charge in [-0.05, 0) is 49.3 Å². The number of nitrogens with zero attached hydrogens (tertiary/aromatic N) is 1. The van der Waals surface area contributed by atoms with Crippen molar-refractivity contribution in [1.29, 1.82) is 0 Å². The number of hydrogen-bond acceptors (Lipinski definition) is 2. The Kier molecular flexibility index (Phi) is 3.45. The monoisotopic (exact) mass is 284 g/mol. The molecule has 6 heteroatoms. The molecule has 2 nitrogen and oxygen atoms in total. The van der Waals surface area contributed by atoms with Crippen molar-refractivity contribution in [1.82, 2.24) is 9.97 Å². The zero-order valence-electron chi connectivity index (χ0n) is 10.3. The van der Waals surface area contributed by atoms with Crippen LogP contribution in [-0.4, -0.2) is 9.97 Å². The molecular weight excluding hydrogens is 273 g/mol. The molecule has 0 radical (unpaired) electrons. The first-order chi connectivity index (χ1) is 8.77. The fraction of sp³-hybridized carbons (Fsp3) is 0.231. The van der Waals surface area contributed by atoms with Crippen molar-refractivity contribution in [3.63, 3.8) is 0 Å². The largest absolute Gasteiger partial charge is 0.431 e. The summed E-state index contributed by atoms with van der Waals surface area (Å²) >= 11 is 4.75. The zero-order valence-corrected chi connectivity index (χ0v) is 11.1. The van der Waals surface area contributed by atoms with Crippen LogP contribution in [0.1, 0.15) is 16.8 Å². The fourth-order valence-electron chi connectivity index (χ4n) is 1.66. The van der Waals surface area contributed by atoms with Crippen molar-refractivity contribution in [2.75, 3.05) is 0 Å². The summed E-state index contributed by atoms with van der Waals surface area (Å²) in [4.78, 5) is 6.01. The lowest BCUT2D eigenvalue weighted by atomic mass is 10.0. The zero-order chi connectivity index (χ0) is 14.2. The van der Waals surface area contributed by atoms with Gasteiger partial charge in [0, 0.05) is 5.56 Å². The third-order valence-corrected chi connectivity index (χ3v) is 3.05. The number of aromatic amines is 1. The Balaban J connectivity index is 2.59. The number of rotatable bonds is 1. The molecule has 100 valence electrons. The molecule has 0 aliphatic carbocycles. The van der Waals surface area contributed by atoms with Crippen LogP contribution in [0.3, 0.4) is 0 Å². The quantitative estimate of drug-likeness (QED) is 0.784. The van der Waals surface area contributed by atoms with Crippen LogP contribution >= 0.6 is 12.2 Å². The van der Waals surface area contributed by atoms with Gasteiger partial charge in [-0.1, -0.05) is 12.1 Å². The van der Waals surface area contributed by atoms with Crippen LogP contribution in [0.4, 0.5) is 13.2 Å². The van der Waals surface area contributed by atoms with Crippen LogP contribution in [0.5, 0.6) is 0 Å². The molecule has 2 rings (SSSR count). The smallest absolute Gasteiger partial charge is 0.327 e. The molecule has 0 bridgehead atoms. The summed E-state index contributed by atoms with van der Waals surface area (Å²) < 4.78 is 37.9. The number of H-pyrrole nitrogens is 1. The topological polar surface area (TPSA) is 28.7 Å². The van der Waals surface area contributed by atoms with E-state index in [1.165, 1.54) is 0 Å². The SMILES string of the molecule is Cc1ccc(-c2cc(C(F)(F)F)[nH]c(=S)n2)cc1C. The van der Waals surface area contributed by atoms with Crippen molar-refractivity contribution >= 4 is 12.2 Å². The lowest BCUT2D eigenvalue weighted by Gasteiger charge is -2.09. The first kappa shape index (κ1) is 13.7. The Morgan fingerprint density at radius 3 is 2.37 bits per heavy atom. The van der Waals surface area contributed by atoms with Crippen LogP contribution in [0.25, 0.3) is 11.3 Å². The Morgan fingerprint density at radius 2 is 1.79 bits per heavy atom. The summed E-state index contributed by atoms with van der Waals surface area (Å²) in [7, 11) is 0. The van der Waals surface area contributed by atoms with Gasteiger partial charge in [0.05, 0.1) is 5.69 Å². The molecule has 0 unspecified atom stereocenters. The summed E-state index contributed by atoms with van der Waals surface area (Å²) in [5.74, 6) is 0. The minimum absolute atomic E-state index is 0.178. The summed E-state index contributed by atoms with van der Waals surface area (Å²) in [5.41, 5.74) is 2.01. The fourth-order valence-corrected chi connectivity index (χ4v) is 1.87. The summed E-state index contributed by atoms with van der Waals surface area (Å²) in [6.45, 7) is 3.83. The minimum Gasteiger partial charge on any atom is -0.327 e. The van der Waals surface area contributed by atoms with Crippen molar-refractivity contribution in [3.05, 3.63) is 45.9 Å². The van der Waals surface area contributed by atoms with Gasteiger partial charge in [0.2, 0.25) is 0 Å². The highest BCUT2D eigenvalue weighted by Gasteiger charge is 2.32. The van der Waals surface area contributed by atoms with Gasteiger partial charge in [-0.2, -0.15) is 13.2 Å². The van der Waals surface area contributed by atoms with Gasteiger partial charge < -0.3 is 4.98 Å². The predicted octanol–water partition coefficient (Wildman–Crippen LogP) is 4.44. The Bertz CT molecular complexity index is 674. The van der Waals surface area contributed by atoms with E-state index in [0.29, 0.717) is 5.56 Å². The van der Waals surface area contributed by atoms with E-state index in [1.54, 1.807) is 12.1 Å². The first-order valence-electron chi connectivity index (χ1n) is 5.53. The maximum atomic E-state index is 12.7. The average Bonchev–Trinajstić information content (AvgIpc) is 2.31. The van der Waals surface area contributed by atoms with Gasteiger partial charge in [-0.3, -0.25) is 0 Å². The molecule has 0 saturated heterocycles. The van der Waals surface area contributed by atoms with E-state index in [0.717, 1.165) is 17.2 Å². The lowest BCUT2D eigenvalue weighted by molar-refractivity contribution is -0.141. The van der Waals surface area contributed by atoms with Gasteiger partial charge >= 0.3 is 6.18 Å². The maximum absolute atomic E-state index is 12.7. The van der Waals surface area contributed by atoms with Gasteiger partial charge in [0.25, 0.3) is 0 Å². The molecule has 19 heavy (non-hydrogen) atoms. The lowest BCUT2D eigenvalue weighted by Crippen LogP contribution is -2.09. The molecule has 0 aliphatic rings. The Hall–Kier alpha value is -1.69. The second kappa shape index (κ2) is 4.77. The molecule has 0 saturated carbocycles. The Morgan fingerprint density at radius 1 is 1.11 bits per heavy atom. The second-order valence-electron chi connectivity index (χ2n) is 4.28. The van der Waals surface area contributed by atoms with E-state index in [-0.39, 0.29) is 10.5 Å². The highest BCUT2D eigenvalue weighted by Crippen LogP contribution is 2.30. The highest BCUT2D eigenvalue weighted by atomic mass is 32.1. The van der Waals surface area contributed by atoms with E-state index in [1.807, 2.05) is 19.9 Å². The standard InChI is InChI=1S/C13H11F3N2S/c1-7-3-4-9(5-8(7)2)10-6-11(13(14,15)16)18-12(19)17-10/h3-6H,1-2H3,(H,17,18,19). The summed E-state index contributed by atoms with van der Waals surface area (Å²) in [5, 5.41) is 0. The van der Waals surface area contributed by atoms with Crippen molar-refractivity contribution < 1.29 is 13.2 Å². The van der Waals surface area contributed by atoms with E-state index in [4.69, 9.17) is 12.2 Å². The third kappa shape index (κ3) is 3.01. The first-order valence-corrected chi connectivity index (χ1v) is 5.94. The second-order valence-corrected chi connectivity index (χ2v) is 4.67. The van der Waals surface area contributed by atoms with Crippen molar-refractivity contribution in [2.45, 2.75) is 20.0 Å². The van der Waals surface area contributed by atoms with Crippen molar-refractivity contribution in [3.8, 4) is 11.3 Å². The predicted molar refractivity (Wildman–Crippen MR) is 69.3 cm³/mol. The van der Waals surface area contributed by atoms with Gasteiger partial charge in [-0.25, -0.2) is 4.98 Å². The number of hydrogen-bond donors (Lipinski definition) is 1. The molecule has 0 spiro atoms. The molecule has 0 fully saturated rings. The van der Waals surface area contributed by atoms with E-state index in [9.17, 15) is 13.2 Å². The van der Waals surface area contributed by atoms with Crippen LogP contribution in [0, 0.1) is 18.6 Å². The van der Waals surface area contributed by atoms with Crippen LogP contribution in [0.15, 0.2) is 24.3 Å². The molecule has 1 aromatic carbocycles. The molecule has 2 aromatic rings. The number of halogens is 3. The number of aromatic nitrogens is 2. The van der Waals surface area contributed by atoms with Gasteiger partial charge in [0.15, 0.2) is 4.77 Å². The maximum Gasteiger partial charge on any atom is 0.431 e. The van der Waals surface area contributed by atoms with E-state index < -0.39 is 11.9 Å². The number of benzene rings is 1. The molecule has 0 atom stereocenters. The van der Waals surface area contributed by atoms with E-state index >= 15 is 0 Å². The summed E-state index contributed by atoms with van der Waals surface area (Å²) in [6, 6.07) is 6.35. The molecular formula is C13H11F3N2S. The molecule has 0 aliphatic heterocycles. The molecule has 1 heterocycles. The van der Waals surface area contributed by atoms with Gasteiger partial charge in [0.1, 0.15) is 5.69 Å². The third-order valence-electron chi connectivity index (χ3n) is 2.85. The normalized spacial score (nSPS) is 11.6. The van der Waals surface area contributed by atoms with E-state index in [2.05, 4.69) is 9.97 Å². The minimum atomic E-state index is -4.47. The van der Waals surface area contributed by atoms with Crippen LogP contribution in [-0.2, 0) is 6.18 Å². The summed E-state index contributed by atoms with van der Waals surface area (Å²) in [6.07, 6.45) is -4.47. The molecule has 1 N–H and O–H groups in total. The molecule has 0 amide bonds. The van der Waals surface area contributed by atoms with Crippen LogP contribution < -0.4 is 0 Å². The molecule has 1 aromatic heterocycles. The highest BCUT2D eigenvalue weighted by molar-refractivity contribution is 7.71. The number of nitrogens with one attached hydrogen (secondary N) is 1. The number of aryl methyl sites for hydroxylation is 2. The van der Waals surface area contributed by atoms with Crippen molar-refractivity contribution in [2.24, 2.45) is 0 Å². The van der Waals surface area contributed by atoms with Crippen LogP contribution in [0.2, 0.25) is 0 Å².